The van der Waals surface area contributed by atoms with Gasteiger partial charge in [-0.05, 0) is 44.5 Å². The highest BCUT2D eigenvalue weighted by Gasteiger charge is 2.08. The number of benzene rings is 1. The molecular weight excluding hydrogens is 340 g/mol. The first-order chi connectivity index (χ1) is 12.7. The first-order valence-electron chi connectivity index (χ1n) is 9.08. The molecule has 0 bridgehead atoms. The van der Waals surface area contributed by atoms with Crippen LogP contribution in [-0.2, 0) is 13.0 Å². The van der Waals surface area contributed by atoms with Gasteiger partial charge in [-0.1, -0.05) is 24.3 Å². The lowest BCUT2D eigenvalue weighted by molar-refractivity contribution is 0.645. The van der Waals surface area contributed by atoms with E-state index in [1.807, 2.05) is 23.6 Å². The lowest BCUT2D eigenvalue weighted by Gasteiger charge is -2.17. The van der Waals surface area contributed by atoms with Crippen LogP contribution < -0.4 is 10.6 Å². The first-order valence-corrected chi connectivity index (χ1v) is 9.90. The van der Waals surface area contributed by atoms with Crippen LogP contribution in [0.15, 0.2) is 53.7 Å². The number of hydrogen-bond donors (Lipinski definition) is 2. The fourth-order valence-electron chi connectivity index (χ4n) is 2.96. The van der Waals surface area contributed by atoms with E-state index in [4.69, 9.17) is 4.99 Å². The standard InChI is InChI=1S/C21H26N4S/c1-4-22-21(25-15(2)13-19-11-10-16(3)26-19)24-14-18-8-5-7-17-9-6-12-23-20(17)18/h5-12,15H,4,13-14H2,1-3H3,(H2,22,24,25). The molecule has 136 valence electrons. The summed E-state index contributed by atoms with van der Waals surface area (Å²) >= 11 is 1.86. The second kappa shape index (κ2) is 8.81. The topological polar surface area (TPSA) is 49.3 Å². The van der Waals surface area contributed by atoms with Crippen LogP contribution in [0.1, 0.15) is 29.2 Å². The number of aliphatic imine (C=N–C) groups is 1. The van der Waals surface area contributed by atoms with E-state index in [9.17, 15) is 0 Å². The molecule has 0 amide bonds. The van der Waals surface area contributed by atoms with Crippen molar-refractivity contribution in [2.45, 2.75) is 39.8 Å². The molecule has 0 saturated heterocycles. The van der Waals surface area contributed by atoms with Gasteiger partial charge in [-0.2, -0.15) is 0 Å². The van der Waals surface area contributed by atoms with E-state index < -0.39 is 0 Å². The van der Waals surface area contributed by atoms with Crippen molar-refractivity contribution in [2.75, 3.05) is 6.54 Å². The number of thiophene rings is 1. The molecule has 1 unspecified atom stereocenters. The summed E-state index contributed by atoms with van der Waals surface area (Å²) in [7, 11) is 0. The Bertz CT molecular complexity index is 879. The van der Waals surface area contributed by atoms with E-state index in [0.29, 0.717) is 12.6 Å². The van der Waals surface area contributed by atoms with Gasteiger partial charge in [0, 0.05) is 40.3 Å². The molecule has 1 aromatic carbocycles. The Morgan fingerprint density at radius 1 is 1.19 bits per heavy atom. The molecule has 26 heavy (non-hydrogen) atoms. The van der Waals surface area contributed by atoms with Gasteiger partial charge in [0.15, 0.2) is 5.96 Å². The van der Waals surface area contributed by atoms with E-state index in [1.54, 1.807) is 0 Å². The Kier molecular flexibility index (Phi) is 6.23. The molecule has 3 rings (SSSR count). The molecule has 5 heteroatoms. The van der Waals surface area contributed by atoms with E-state index >= 15 is 0 Å². The smallest absolute Gasteiger partial charge is 0.191 e. The van der Waals surface area contributed by atoms with Crippen LogP contribution in [0.3, 0.4) is 0 Å². The van der Waals surface area contributed by atoms with E-state index in [0.717, 1.165) is 35.4 Å². The number of aryl methyl sites for hydroxylation is 1. The maximum absolute atomic E-state index is 4.78. The highest BCUT2D eigenvalue weighted by atomic mass is 32.1. The number of para-hydroxylation sites is 1. The van der Waals surface area contributed by atoms with Crippen molar-refractivity contribution in [1.29, 1.82) is 0 Å². The SMILES string of the molecule is CCNC(=NCc1cccc2cccnc12)NC(C)Cc1ccc(C)s1. The van der Waals surface area contributed by atoms with Gasteiger partial charge < -0.3 is 10.6 Å². The zero-order valence-corrected chi connectivity index (χ0v) is 16.4. The summed E-state index contributed by atoms with van der Waals surface area (Å²) in [6, 6.07) is 15.0. The molecule has 2 N–H and O–H groups in total. The number of fused-ring (bicyclic) bond motifs is 1. The van der Waals surface area contributed by atoms with Crippen LogP contribution in [0.25, 0.3) is 10.9 Å². The lowest BCUT2D eigenvalue weighted by atomic mass is 10.1. The minimum absolute atomic E-state index is 0.316. The van der Waals surface area contributed by atoms with E-state index in [-0.39, 0.29) is 0 Å². The number of aromatic nitrogens is 1. The van der Waals surface area contributed by atoms with Crippen molar-refractivity contribution in [2.24, 2.45) is 4.99 Å². The van der Waals surface area contributed by atoms with Crippen molar-refractivity contribution < 1.29 is 0 Å². The summed E-state index contributed by atoms with van der Waals surface area (Å²) in [6.45, 7) is 7.88. The quantitative estimate of drug-likeness (QED) is 0.505. The number of nitrogens with zero attached hydrogens (tertiary/aromatic N) is 2. The van der Waals surface area contributed by atoms with Gasteiger partial charge in [0.1, 0.15) is 0 Å². The number of guanidine groups is 1. The molecule has 2 aromatic heterocycles. The van der Waals surface area contributed by atoms with Crippen LogP contribution in [0.4, 0.5) is 0 Å². The molecule has 0 fully saturated rings. The summed E-state index contributed by atoms with van der Waals surface area (Å²) in [6.07, 6.45) is 2.84. The zero-order valence-electron chi connectivity index (χ0n) is 15.6. The van der Waals surface area contributed by atoms with E-state index in [1.165, 1.54) is 9.75 Å². The normalized spacial score (nSPS) is 13.0. The van der Waals surface area contributed by atoms with Gasteiger partial charge in [0.25, 0.3) is 0 Å². The Hall–Kier alpha value is -2.40. The third kappa shape index (κ3) is 4.82. The number of hydrogen-bond acceptors (Lipinski definition) is 3. The Balaban J connectivity index is 1.70. The van der Waals surface area contributed by atoms with Crippen LogP contribution in [0, 0.1) is 6.92 Å². The maximum atomic E-state index is 4.78. The molecule has 3 aromatic rings. The minimum atomic E-state index is 0.316. The Morgan fingerprint density at radius 2 is 2.04 bits per heavy atom. The number of nitrogens with one attached hydrogen (secondary N) is 2. The predicted molar refractivity (Wildman–Crippen MR) is 112 cm³/mol. The molecule has 0 aliphatic carbocycles. The van der Waals surface area contributed by atoms with Crippen LogP contribution >= 0.6 is 11.3 Å². The summed E-state index contributed by atoms with van der Waals surface area (Å²) in [5.41, 5.74) is 2.17. The summed E-state index contributed by atoms with van der Waals surface area (Å²) < 4.78 is 0. The average Bonchev–Trinajstić information content (AvgIpc) is 3.04. The fraction of sp³-hybridized carbons (Fsp3) is 0.333. The van der Waals surface area contributed by atoms with Crippen molar-refractivity contribution in [1.82, 2.24) is 15.6 Å². The maximum Gasteiger partial charge on any atom is 0.191 e. The lowest BCUT2D eigenvalue weighted by Crippen LogP contribution is -2.43. The Labute approximate surface area is 159 Å². The Morgan fingerprint density at radius 3 is 2.81 bits per heavy atom. The van der Waals surface area contributed by atoms with Gasteiger partial charge in [-0.3, -0.25) is 4.98 Å². The molecule has 4 nitrogen and oxygen atoms in total. The summed E-state index contributed by atoms with van der Waals surface area (Å²) in [5, 5.41) is 8.02. The molecule has 0 aliphatic rings. The molecular formula is C21H26N4S. The second-order valence-corrected chi connectivity index (χ2v) is 7.82. The molecule has 0 radical (unpaired) electrons. The summed E-state index contributed by atoms with van der Waals surface area (Å²) in [4.78, 5) is 12.1. The van der Waals surface area contributed by atoms with Gasteiger partial charge in [-0.25, -0.2) is 4.99 Å². The molecule has 0 saturated carbocycles. The van der Waals surface area contributed by atoms with Crippen molar-refractivity contribution in [3.63, 3.8) is 0 Å². The van der Waals surface area contributed by atoms with Crippen LogP contribution in [0.2, 0.25) is 0 Å². The minimum Gasteiger partial charge on any atom is -0.357 e. The van der Waals surface area contributed by atoms with Gasteiger partial charge >= 0.3 is 0 Å². The third-order valence-electron chi connectivity index (χ3n) is 4.15. The summed E-state index contributed by atoms with van der Waals surface area (Å²) in [5.74, 6) is 0.848. The second-order valence-electron chi connectivity index (χ2n) is 6.45. The molecule has 0 aliphatic heterocycles. The van der Waals surface area contributed by atoms with E-state index in [2.05, 4.69) is 72.8 Å². The van der Waals surface area contributed by atoms with Crippen molar-refractivity contribution >= 4 is 28.2 Å². The average molecular weight is 367 g/mol. The largest absolute Gasteiger partial charge is 0.357 e. The van der Waals surface area contributed by atoms with Crippen LogP contribution in [-0.4, -0.2) is 23.5 Å². The van der Waals surface area contributed by atoms with Gasteiger partial charge in [-0.15, -0.1) is 11.3 Å². The van der Waals surface area contributed by atoms with Crippen molar-refractivity contribution in [3.05, 3.63) is 64.0 Å². The highest BCUT2D eigenvalue weighted by molar-refractivity contribution is 7.11. The van der Waals surface area contributed by atoms with Gasteiger partial charge in [0.2, 0.25) is 0 Å². The predicted octanol–water partition coefficient (Wildman–Crippen LogP) is 4.29. The molecule has 1 atom stereocenters. The van der Waals surface area contributed by atoms with Gasteiger partial charge in [0.05, 0.1) is 12.1 Å². The zero-order chi connectivity index (χ0) is 18.4. The molecule has 0 spiro atoms. The number of pyridine rings is 1. The fourth-order valence-corrected chi connectivity index (χ4v) is 3.98. The molecule has 2 heterocycles. The highest BCUT2D eigenvalue weighted by Crippen LogP contribution is 2.17. The third-order valence-corrected chi connectivity index (χ3v) is 5.18. The number of rotatable bonds is 6. The monoisotopic (exact) mass is 366 g/mol. The van der Waals surface area contributed by atoms with Crippen molar-refractivity contribution in [3.8, 4) is 0 Å². The van der Waals surface area contributed by atoms with Crippen LogP contribution in [0.5, 0.6) is 0 Å². The first kappa shape index (κ1) is 18.4.